The van der Waals surface area contributed by atoms with Crippen LogP contribution in [0.3, 0.4) is 0 Å². The number of nitrogens with zero attached hydrogens (tertiary/aromatic N) is 4. The largest absolute Gasteiger partial charge is 0.417 e. The Morgan fingerprint density at radius 2 is 1.29 bits per heavy atom. The van der Waals surface area contributed by atoms with E-state index in [-0.39, 0.29) is 28.1 Å². The Labute approximate surface area is 153 Å². The van der Waals surface area contributed by atoms with Gasteiger partial charge in [-0.05, 0) is 12.1 Å². The van der Waals surface area contributed by atoms with Gasteiger partial charge in [-0.2, -0.15) is 32.9 Å². The molecule has 0 saturated heterocycles. The second-order valence-corrected chi connectivity index (χ2v) is 5.90. The van der Waals surface area contributed by atoms with Crippen molar-refractivity contribution in [2.24, 2.45) is 5.10 Å². The van der Waals surface area contributed by atoms with E-state index in [1.165, 1.54) is 0 Å². The van der Waals surface area contributed by atoms with Crippen molar-refractivity contribution in [1.82, 2.24) is 9.97 Å². The van der Waals surface area contributed by atoms with E-state index in [1.807, 2.05) is 0 Å². The van der Waals surface area contributed by atoms with Gasteiger partial charge in [-0.3, -0.25) is 0 Å². The van der Waals surface area contributed by atoms with Crippen LogP contribution >= 0.6 is 0 Å². The molecule has 4 nitrogen and oxygen atoms in total. The molecule has 0 unspecified atom stereocenters. The standard InChI is InChI=1S/C18H6F6N4/c1-25-28-15-9-5-3-2-4-8(9)14-16(15)27-13-7-11(18(22,23)24)10(17(19,20)21)6-12(13)26-14/h2-7H. The molecule has 2 aromatic carbocycles. The maximum atomic E-state index is 13.2. The molecule has 4 rings (SSSR count). The van der Waals surface area contributed by atoms with Crippen molar-refractivity contribution in [3.05, 3.63) is 70.3 Å². The van der Waals surface area contributed by atoms with Crippen molar-refractivity contribution >= 4 is 16.7 Å². The summed E-state index contributed by atoms with van der Waals surface area (Å²) in [6, 6.07) is 7.23. The number of halogens is 6. The summed E-state index contributed by atoms with van der Waals surface area (Å²) in [6.07, 6.45) is -10.4. The van der Waals surface area contributed by atoms with Gasteiger partial charge in [-0.1, -0.05) is 24.3 Å². The van der Waals surface area contributed by atoms with Crippen molar-refractivity contribution in [2.45, 2.75) is 12.4 Å². The molecule has 0 amide bonds. The van der Waals surface area contributed by atoms with Gasteiger partial charge in [0.05, 0.1) is 33.0 Å². The third-order valence-corrected chi connectivity index (χ3v) is 4.23. The summed E-state index contributed by atoms with van der Waals surface area (Å²) in [5, 5.41) is 3.64. The summed E-state index contributed by atoms with van der Waals surface area (Å²) in [5.74, 6) is 0. The van der Waals surface area contributed by atoms with Gasteiger partial charge >= 0.3 is 12.4 Å². The summed E-state index contributed by atoms with van der Waals surface area (Å²) < 4.78 is 79.1. The SMILES string of the molecule is [C-]#[N+]N=C1c2ccccc2-c2nc3cc(C(F)(F)F)c(C(F)(F)F)cc3nc21. The zero-order valence-electron chi connectivity index (χ0n) is 13.5. The number of fused-ring (bicyclic) bond motifs is 4. The van der Waals surface area contributed by atoms with Gasteiger partial charge in [0.25, 0.3) is 0 Å². The Kier molecular flexibility index (Phi) is 3.68. The van der Waals surface area contributed by atoms with Crippen LogP contribution in [0.4, 0.5) is 26.3 Å². The molecule has 0 bridgehead atoms. The number of hydrogen-bond acceptors (Lipinski definition) is 3. The molecule has 1 aliphatic rings. The number of alkyl halides is 6. The molecule has 0 atom stereocenters. The minimum Gasteiger partial charge on any atom is -0.244 e. The average molecular weight is 392 g/mol. The van der Waals surface area contributed by atoms with Crippen LogP contribution in [-0.2, 0) is 12.4 Å². The highest BCUT2D eigenvalue weighted by atomic mass is 19.4. The van der Waals surface area contributed by atoms with Crippen LogP contribution < -0.4 is 0 Å². The van der Waals surface area contributed by atoms with Crippen LogP contribution in [0.1, 0.15) is 22.4 Å². The molecule has 0 N–H and O–H groups in total. The Morgan fingerprint density at radius 3 is 1.79 bits per heavy atom. The predicted octanol–water partition coefficient (Wildman–Crippen LogP) is 5.32. The first-order chi connectivity index (χ1) is 13.1. The smallest absolute Gasteiger partial charge is 0.244 e. The monoisotopic (exact) mass is 392 g/mol. The number of benzene rings is 2. The van der Waals surface area contributed by atoms with E-state index >= 15 is 0 Å². The number of aromatic nitrogens is 2. The molecule has 1 heterocycles. The third-order valence-electron chi connectivity index (χ3n) is 4.23. The Hall–Kier alpha value is -3.48. The second kappa shape index (κ2) is 5.76. The first-order valence-corrected chi connectivity index (χ1v) is 7.66. The molecule has 1 aromatic heterocycles. The number of rotatable bonds is 0. The minimum atomic E-state index is -5.23. The highest BCUT2D eigenvalue weighted by Crippen LogP contribution is 2.43. The van der Waals surface area contributed by atoms with Crippen molar-refractivity contribution in [3.63, 3.8) is 0 Å². The molecule has 0 fully saturated rings. The van der Waals surface area contributed by atoms with E-state index in [1.54, 1.807) is 24.3 Å². The van der Waals surface area contributed by atoms with Crippen molar-refractivity contribution < 1.29 is 26.3 Å². The molecule has 0 aliphatic heterocycles. The fourth-order valence-corrected chi connectivity index (χ4v) is 3.10. The second-order valence-electron chi connectivity index (χ2n) is 5.90. The maximum Gasteiger partial charge on any atom is 0.417 e. The topological polar surface area (TPSA) is 42.5 Å². The van der Waals surface area contributed by atoms with Crippen LogP contribution in [0.25, 0.3) is 27.2 Å². The lowest BCUT2D eigenvalue weighted by molar-refractivity contribution is -0.161. The fraction of sp³-hybridized carbons (Fsp3) is 0.111. The quantitative estimate of drug-likeness (QED) is 0.231. The molecule has 28 heavy (non-hydrogen) atoms. The lowest BCUT2D eigenvalue weighted by Crippen LogP contribution is -2.17. The van der Waals surface area contributed by atoms with Crippen molar-refractivity contribution in [3.8, 4) is 11.3 Å². The summed E-state index contributed by atoms with van der Waals surface area (Å²) in [5.41, 5.74) is -3.08. The highest BCUT2D eigenvalue weighted by molar-refractivity contribution is 6.23. The highest BCUT2D eigenvalue weighted by Gasteiger charge is 2.44. The van der Waals surface area contributed by atoms with Crippen molar-refractivity contribution in [1.29, 1.82) is 0 Å². The van der Waals surface area contributed by atoms with E-state index < -0.39 is 23.5 Å². The Balaban J connectivity index is 2.08. The van der Waals surface area contributed by atoms with E-state index in [9.17, 15) is 26.3 Å². The molecular weight excluding hydrogens is 386 g/mol. The molecule has 0 radical (unpaired) electrons. The van der Waals surface area contributed by atoms with Crippen LogP contribution in [0.2, 0.25) is 0 Å². The van der Waals surface area contributed by atoms with Crippen LogP contribution in [-0.4, -0.2) is 15.7 Å². The van der Waals surface area contributed by atoms with E-state index in [0.717, 1.165) is 0 Å². The zero-order valence-corrected chi connectivity index (χ0v) is 13.5. The minimum absolute atomic E-state index is 0.0533. The molecule has 0 saturated carbocycles. The first kappa shape index (κ1) is 17.9. The normalized spacial score (nSPS) is 14.8. The molecule has 140 valence electrons. The van der Waals surface area contributed by atoms with Crippen LogP contribution in [0.15, 0.2) is 41.5 Å². The van der Waals surface area contributed by atoms with Gasteiger partial charge in [0.15, 0.2) is 5.71 Å². The molecule has 3 aromatic rings. The van der Waals surface area contributed by atoms with E-state index in [4.69, 9.17) is 6.57 Å². The number of hydrogen-bond donors (Lipinski definition) is 0. The summed E-state index contributed by atoms with van der Waals surface area (Å²) >= 11 is 0. The summed E-state index contributed by atoms with van der Waals surface area (Å²) in [7, 11) is 0. The Bertz CT molecular complexity index is 1200. The lowest BCUT2D eigenvalue weighted by Gasteiger charge is -2.16. The van der Waals surface area contributed by atoms with Gasteiger partial charge in [-0.15, -0.1) is 4.95 Å². The Morgan fingerprint density at radius 1 is 0.786 bits per heavy atom. The average Bonchev–Trinajstić information content (AvgIpc) is 2.91. The van der Waals surface area contributed by atoms with E-state index in [2.05, 4.69) is 20.0 Å². The predicted molar refractivity (Wildman–Crippen MR) is 87.2 cm³/mol. The molecule has 1 aliphatic carbocycles. The molecule has 0 spiro atoms. The van der Waals surface area contributed by atoms with Gasteiger partial charge in [0.1, 0.15) is 5.69 Å². The molecule has 10 heteroatoms. The van der Waals surface area contributed by atoms with Gasteiger partial charge in [0, 0.05) is 11.1 Å². The van der Waals surface area contributed by atoms with Gasteiger partial charge < -0.3 is 0 Å². The lowest BCUT2D eigenvalue weighted by atomic mass is 10.0. The maximum absolute atomic E-state index is 13.2. The van der Waals surface area contributed by atoms with Crippen LogP contribution in [0.5, 0.6) is 0 Å². The summed E-state index contributed by atoms with van der Waals surface area (Å²) in [6.45, 7) is 6.94. The fourth-order valence-electron chi connectivity index (χ4n) is 3.10. The summed E-state index contributed by atoms with van der Waals surface area (Å²) in [4.78, 5) is 11.1. The van der Waals surface area contributed by atoms with Gasteiger partial charge in [0.2, 0.25) is 0 Å². The third kappa shape index (κ3) is 2.67. The van der Waals surface area contributed by atoms with Gasteiger partial charge in [-0.25, -0.2) is 9.97 Å². The zero-order chi connectivity index (χ0) is 20.3. The van der Waals surface area contributed by atoms with E-state index in [0.29, 0.717) is 23.3 Å². The molecular formula is C18H6F6N4. The first-order valence-electron chi connectivity index (χ1n) is 7.66. The van der Waals surface area contributed by atoms with Crippen molar-refractivity contribution in [2.75, 3.05) is 0 Å². The van der Waals surface area contributed by atoms with Crippen LogP contribution in [0, 0.1) is 6.57 Å².